The van der Waals surface area contributed by atoms with Crippen LogP contribution < -0.4 is 5.43 Å². The van der Waals surface area contributed by atoms with Crippen LogP contribution in [0.3, 0.4) is 0 Å². The van der Waals surface area contributed by atoms with Crippen molar-refractivity contribution in [3.63, 3.8) is 0 Å². The molecule has 0 saturated heterocycles. The topological polar surface area (TPSA) is 99.2 Å². The van der Waals surface area contributed by atoms with Crippen molar-refractivity contribution in [1.29, 1.82) is 5.26 Å². The molecule has 7 nitrogen and oxygen atoms in total. The molecule has 1 atom stereocenters. The monoisotopic (exact) mass is 243 g/mol. The number of rotatable bonds is 2. The van der Waals surface area contributed by atoms with Gasteiger partial charge in [-0.1, -0.05) is 23.4 Å². The second-order valence-electron chi connectivity index (χ2n) is 3.42. The Bertz CT molecular complexity index is 561. The van der Waals surface area contributed by atoms with Gasteiger partial charge in [0.1, 0.15) is 6.07 Å². The molecule has 7 heteroatoms. The largest absolute Gasteiger partial charge is 0.466 e. The lowest BCUT2D eigenvalue weighted by Crippen LogP contribution is -2.45. The van der Waals surface area contributed by atoms with E-state index in [1.54, 1.807) is 30.3 Å². The molecule has 0 amide bonds. The van der Waals surface area contributed by atoms with Crippen molar-refractivity contribution in [2.75, 3.05) is 7.11 Å². The summed E-state index contributed by atoms with van der Waals surface area (Å²) in [6.45, 7) is 0. The Morgan fingerprint density at radius 2 is 2.22 bits per heavy atom. The average molecular weight is 243 g/mol. The number of para-hydroxylation sites is 1. The number of amidine groups is 1. The molecule has 0 fully saturated rings. The fourth-order valence-corrected chi connectivity index (χ4v) is 1.42. The molecule has 0 bridgehead atoms. The first kappa shape index (κ1) is 11.7. The summed E-state index contributed by atoms with van der Waals surface area (Å²) in [5.41, 5.74) is 1.18. The molecule has 1 aromatic rings. The summed E-state index contributed by atoms with van der Waals surface area (Å²) in [6, 6.07) is 10.6. The molecule has 0 aromatic heterocycles. The Balaban J connectivity index is 2.43. The summed E-state index contributed by atoms with van der Waals surface area (Å²) in [5.74, 6) is -0.795. The summed E-state index contributed by atoms with van der Waals surface area (Å²) >= 11 is 0. The number of ether oxygens (including phenoxy) is 1. The number of nitriles is 1. The molecular weight excluding hydrogens is 234 g/mol. The fourth-order valence-electron chi connectivity index (χ4n) is 1.42. The predicted octanol–water partition coefficient (Wildman–Crippen LogP) is 1.12. The van der Waals surface area contributed by atoms with Gasteiger partial charge in [-0.3, -0.25) is 0 Å². The van der Waals surface area contributed by atoms with Gasteiger partial charge in [-0.15, -0.1) is 5.11 Å². The van der Waals surface area contributed by atoms with Crippen molar-refractivity contribution in [3.8, 4) is 6.07 Å². The molecule has 2 rings (SSSR count). The van der Waals surface area contributed by atoms with Crippen LogP contribution >= 0.6 is 0 Å². The molecule has 1 heterocycles. The summed E-state index contributed by atoms with van der Waals surface area (Å²) in [7, 11) is 1.18. The van der Waals surface area contributed by atoms with Crippen LogP contribution in [0.1, 0.15) is 0 Å². The lowest BCUT2D eigenvalue weighted by Gasteiger charge is -2.12. The minimum atomic E-state index is -1.84. The van der Waals surface area contributed by atoms with Crippen molar-refractivity contribution in [3.05, 3.63) is 30.3 Å². The number of nitrogens with zero attached hydrogens (tertiary/aromatic N) is 4. The van der Waals surface area contributed by atoms with Crippen LogP contribution in [-0.2, 0) is 9.53 Å². The number of hydrogen-bond acceptors (Lipinski definition) is 6. The first-order valence-electron chi connectivity index (χ1n) is 5.05. The number of nitrogens with one attached hydrogen (secondary N) is 1. The normalized spacial score (nSPS) is 23.4. The molecule has 0 radical (unpaired) electrons. The molecule has 1 aromatic carbocycles. The quantitative estimate of drug-likeness (QED) is 0.786. The molecule has 1 unspecified atom stereocenters. The Hall–Kier alpha value is -2.75. The van der Waals surface area contributed by atoms with Gasteiger partial charge in [0.05, 0.1) is 12.8 Å². The second kappa shape index (κ2) is 4.63. The molecule has 1 N–H and O–H groups in total. The Kier molecular flexibility index (Phi) is 3.02. The van der Waals surface area contributed by atoms with Crippen molar-refractivity contribution in [2.45, 2.75) is 5.54 Å². The second-order valence-corrected chi connectivity index (χ2v) is 3.42. The van der Waals surface area contributed by atoms with E-state index in [1.807, 2.05) is 6.07 Å². The van der Waals surface area contributed by atoms with E-state index < -0.39 is 11.5 Å². The van der Waals surface area contributed by atoms with Crippen LogP contribution in [0.25, 0.3) is 0 Å². The Labute approximate surface area is 103 Å². The molecule has 0 spiro atoms. The number of benzene rings is 1. The van der Waals surface area contributed by atoms with Crippen LogP contribution in [0.4, 0.5) is 5.69 Å². The Morgan fingerprint density at radius 1 is 1.50 bits per heavy atom. The first-order valence-corrected chi connectivity index (χ1v) is 5.05. The van der Waals surface area contributed by atoms with Gasteiger partial charge in [0.2, 0.25) is 0 Å². The lowest BCUT2D eigenvalue weighted by atomic mass is 10.0. The van der Waals surface area contributed by atoms with Crippen LogP contribution in [0.2, 0.25) is 0 Å². The van der Waals surface area contributed by atoms with E-state index in [1.165, 1.54) is 7.11 Å². The molecular formula is C11H9N5O2. The van der Waals surface area contributed by atoms with E-state index in [4.69, 9.17) is 5.26 Å². The number of carbonyl (C=O) groups is 1. The maximum Gasteiger partial charge on any atom is 0.358 e. The van der Waals surface area contributed by atoms with E-state index in [2.05, 4.69) is 25.5 Å². The van der Waals surface area contributed by atoms with Gasteiger partial charge in [-0.05, 0) is 12.1 Å². The highest BCUT2D eigenvalue weighted by Gasteiger charge is 2.50. The summed E-state index contributed by atoms with van der Waals surface area (Å²) in [4.78, 5) is 15.8. The van der Waals surface area contributed by atoms with Crippen molar-refractivity contribution >= 4 is 17.5 Å². The number of esters is 1. The fraction of sp³-hybridized carbons (Fsp3) is 0.182. The third kappa shape index (κ3) is 1.80. The van der Waals surface area contributed by atoms with Crippen LogP contribution in [0.15, 0.2) is 45.7 Å². The van der Waals surface area contributed by atoms with Crippen LogP contribution in [0, 0.1) is 11.3 Å². The molecule has 1 aliphatic heterocycles. The zero-order valence-corrected chi connectivity index (χ0v) is 9.49. The third-order valence-electron chi connectivity index (χ3n) is 2.34. The van der Waals surface area contributed by atoms with Gasteiger partial charge >= 0.3 is 11.5 Å². The highest BCUT2D eigenvalue weighted by molar-refractivity contribution is 6.14. The van der Waals surface area contributed by atoms with E-state index in [0.717, 1.165) is 0 Å². The molecule has 90 valence electrons. The average Bonchev–Trinajstić information content (AvgIpc) is 2.83. The predicted molar refractivity (Wildman–Crippen MR) is 61.9 cm³/mol. The van der Waals surface area contributed by atoms with Crippen molar-refractivity contribution in [2.24, 2.45) is 15.3 Å². The van der Waals surface area contributed by atoms with Crippen molar-refractivity contribution < 1.29 is 9.53 Å². The smallest absolute Gasteiger partial charge is 0.358 e. The standard InChI is InChI=1S/C11H9N5O2/c1-18-10(17)11(7-12)9(14-16-15-11)13-8-5-3-2-4-6-8/h2-6H,1H3,(H,13,14,15). The minimum absolute atomic E-state index is 0.0306. The molecule has 0 aliphatic carbocycles. The summed E-state index contributed by atoms with van der Waals surface area (Å²) in [5, 5.41) is 16.2. The Morgan fingerprint density at radius 3 is 2.83 bits per heavy atom. The SMILES string of the molecule is COC(=O)C1(C#N)N=NNC1=Nc1ccccc1. The van der Waals surface area contributed by atoms with Crippen LogP contribution in [-0.4, -0.2) is 24.5 Å². The van der Waals surface area contributed by atoms with E-state index in [-0.39, 0.29) is 5.84 Å². The van der Waals surface area contributed by atoms with Gasteiger partial charge in [0.25, 0.3) is 0 Å². The van der Waals surface area contributed by atoms with Gasteiger partial charge < -0.3 is 4.74 Å². The number of hydrogen-bond donors (Lipinski definition) is 1. The maximum atomic E-state index is 11.6. The third-order valence-corrected chi connectivity index (χ3v) is 2.34. The maximum absolute atomic E-state index is 11.6. The van der Waals surface area contributed by atoms with E-state index in [0.29, 0.717) is 5.69 Å². The number of methoxy groups -OCH3 is 1. The molecule has 18 heavy (non-hydrogen) atoms. The van der Waals surface area contributed by atoms with Crippen molar-refractivity contribution in [1.82, 2.24) is 5.43 Å². The van der Waals surface area contributed by atoms with Gasteiger partial charge in [0, 0.05) is 0 Å². The highest BCUT2D eigenvalue weighted by Crippen LogP contribution is 2.22. The molecule has 1 aliphatic rings. The van der Waals surface area contributed by atoms with Gasteiger partial charge in [0.15, 0.2) is 5.84 Å². The summed E-state index contributed by atoms with van der Waals surface area (Å²) < 4.78 is 4.56. The zero-order valence-electron chi connectivity index (χ0n) is 9.49. The van der Waals surface area contributed by atoms with E-state index in [9.17, 15) is 4.79 Å². The van der Waals surface area contributed by atoms with E-state index >= 15 is 0 Å². The van der Waals surface area contributed by atoms with Gasteiger partial charge in [-0.2, -0.15) is 5.26 Å². The molecule has 0 saturated carbocycles. The van der Waals surface area contributed by atoms with Crippen LogP contribution in [0.5, 0.6) is 0 Å². The number of carbonyl (C=O) groups excluding carboxylic acids is 1. The lowest BCUT2D eigenvalue weighted by molar-refractivity contribution is -0.142. The van der Waals surface area contributed by atoms with Gasteiger partial charge in [-0.25, -0.2) is 15.2 Å². The summed E-state index contributed by atoms with van der Waals surface area (Å²) in [6.07, 6.45) is 0. The number of aliphatic imine (C=N–C) groups is 1. The highest BCUT2D eigenvalue weighted by atomic mass is 16.5. The first-order chi connectivity index (χ1) is 8.73. The minimum Gasteiger partial charge on any atom is -0.466 e. The zero-order chi connectivity index (χ0) is 13.0.